The van der Waals surface area contributed by atoms with Crippen molar-refractivity contribution in [2.45, 2.75) is 46.0 Å². The number of primary amides is 1. The number of H-pyrrole nitrogens is 1. The number of aryl methyl sites for hydroxylation is 2. The van der Waals surface area contributed by atoms with E-state index in [1.165, 1.54) is 10.9 Å². The maximum atomic E-state index is 13.3. The van der Waals surface area contributed by atoms with Crippen LogP contribution in [-0.2, 0) is 4.79 Å². The SMILES string of the molecule is Cc1cc(Nc2cc(C)[nH]n2)nc(C2=CCC(C(N)=O)([C@@H](C)c3ccc(-n4cc(F)cn4)nc3)CC2)c1. The second kappa shape index (κ2) is 9.61. The van der Waals surface area contributed by atoms with Crippen LogP contribution in [0.15, 0.2) is 55.0 Å². The number of amides is 1. The minimum absolute atomic E-state index is 0.163. The van der Waals surface area contributed by atoms with E-state index >= 15 is 0 Å². The van der Waals surface area contributed by atoms with Crippen molar-refractivity contribution in [2.24, 2.45) is 11.1 Å². The molecule has 190 valence electrons. The molecule has 4 heterocycles. The van der Waals surface area contributed by atoms with Gasteiger partial charge in [-0.15, -0.1) is 0 Å². The molecule has 0 fully saturated rings. The van der Waals surface area contributed by atoms with Gasteiger partial charge in [-0.1, -0.05) is 19.1 Å². The lowest BCUT2D eigenvalue weighted by Crippen LogP contribution is -2.42. The molecule has 4 aromatic rings. The number of carbonyl (C=O) groups excluding carboxylic acids is 1. The summed E-state index contributed by atoms with van der Waals surface area (Å²) in [6, 6.07) is 9.60. The Labute approximate surface area is 214 Å². The zero-order chi connectivity index (χ0) is 26.2. The van der Waals surface area contributed by atoms with E-state index in [-0.39, 0.29) is 11.8 Å². The smallest absolute Gasteiger partial charge is 0.224 e. The summed E-state index contributed by atoms with van der Waals surface area (Å²) in [5.41, 5.74) is 10.1. The highest BCUT2D eigenvalue weighted by molar-refractivity contribution is 5.84. The number of rotatable bonds is 7. The molecule has 0 bridgehead atoms. The van der Waals surface area contributed by atoms with Crippen LogP contribution in [0.4, 0.5) is 16.0 Å². The van der Waals surface area contributed by atoms with Crippen molar-refractivity contribution in [2.75, 3.05) is 5.32 Å². The quantitative estimate of drug-likeness (QED) is 0.337. The molecule has 0 saturated carbocycles. The van der Waals surface area contributed by atoms with Crippen molar-refractivity contribution in [1.29, 1.82) is 0 Å². The molecular weight excluding hydrogens is 471 g/mol. The zero-order valence-corrected chi connectivity index (χ0v) is 21.0. The van der Waals surface area contributed by atoms with Gasteiger partial charge in [-0.2, -0.15) is 10.2 Å². The fourth-order valence-electron chi connectivity index (χ4n) is 4.97. The summed E-state index contributed by atoms with van der Waals surface area (Å²) in [6.45, 7) is 5.98. The average Bonchev–Trinajstić information content (AvgIpc) is 3.51. The van der Waals surface area contributed by atoms with Crippen LogP contribution < -0.4 is 11.1 Å². The summed E-state index contributed by atoms with van der Waals surface area (Å²) in [4.78, 5) is 22.1. The first kappa shape index (κ1) is 24.4. The molecule has 10 heteroatoms. The standard InChI is InChI=1S/C27H29FN8O/c1-16-10-22(32-23(11-16)33-24-12-17(2)34-35-24)19-6-8-27(9-7-19,26(29)37)18(3)20-4-5-25(30-13-20)36-15-21(28)14-31-36/h4-6,10-15,18H,7-9H2,1-3H3,(H2,29,37)(H2,32,33,34,35)/t18-,27?/m0/s1. The van der Waals surface area contributed by atoms with Crippen molar-refractivity contribution >= 4 is 23.1 Å². The first-order valence-electron chi connectivity index (χ1n) is 12.2. The first-order chi connectivity index (χ1) is 17.7. The highest BCUT2D eigenvalue weighted by Crippen LogP contribution is 2.48. The molecule has 0 aliphatic heterocycles. The highest BCUT2D eigenvalue weighted by atomic mass is 19.1. The third-order valence-corrected chi connectivity index (χ3v) is 7.19. The van der Waals surface area contributed by atoms with Gasteiger partial charge in [-0.3, -0.25) is 9.89 Å². The molecule has 9 nitrogen and oxygen atoms in total. The lowest BCUT2D eigenvalue weighted by Gasteiger charge is -2.39. The van der Waals surface area contributed by atoms with E-state index in [2.05, 4.69) is 31.7 Å². The van der Waals surface area contributed by atoms with Crippen LogP contribution in [0.3, 0.4) is 0 Å². The predicted molar refractivity (Wildman–Crippen MR) is 139 cm³/mol. The zero-order valence-electron chi connectivity index (χ0n) is 21.0. The largest absolute Gasteiger partial charge is 0.369 e. The molecule has 4 aromatic heterocycles. The van der Waals surface area contributed by atoms with Crippen molar-refractivity contribution in [3.63, 3.8) is 0 Å². The molecular formula is C27H29FN8O. The summed E-state index contributed by atoms with van der Waals surface area (Å²) in [6.07, 6.45) is 7.96. The number of anilines is 2. The number of allylic oxidation sites excluding steroid dienone is 2. The Morgan fingerprint density at radius 3 is 2.65 bits per heavy atom. The van der Waals surface area contributed by atoms with E-state index < -0.39 is 11.2 Å². The number of nitrogens with zero attached hydrogens (tertiary/aromatic N) is 5. The second-order valence-electron chi connectivity index (χ2n) is 9.70. The van der Waals surface area contributed by atoms with Crippen LogP contribution >= 0.6 is 0 Å². The van der Waals surface area contributed by atoms with Gasteiger partial charge in [0.05, 0.1) is 23.5 Å². The Morgan fingerprint density at radius 1 is 1.22 bits per heavy atom. The number of hydrogen-bond donors (Lipinski definition) is 3. The lowest BCUT2D eigenvalue weighted by atomic mass is 9.64. The van der Waals surface area contributed by atoms with Crippen LogP contribution in [0, 0.1) is 25.1 Å². The molecule has 0 saturated heterocycles. The number of hydrogen-bond acceptors (Lipinski definition) is 6. The van der Waals surface area contributed by atoms with E-state index in [0.29, 0.717) is 36.7 Å². The number of halogens is 1. The topological polar surface area (TPSA) is 127 Å². The summed E-state index contributed by atoms with van der Waals surface area (Å²) >= 11 is 0. The van der Waals surface area contributed by atoms with Gasteiger partial charge in [0, 0.05) is 18.0 Å². The third-order valence-electron chi connectivity index (χ3n) is 7.19. The fourth-order valence-corrected chi connectivity index (χ4v) is 4.97. The molecule has 0 aromatic carbocycles. The second-order valence-corrected chi connectivity index (χ2v) is 9.70. The number of nitrogens with one attached hydrogen (secondary N) is 2. The van der Waals surface area contributed by atoms with Crippen LogP contribution in [0.1, 0.15) is 54.6 Å². The summed E-state index contributed by atoms with van der Waals surface area (Å²) in [7, 11) is 0. The van der Waals surface area contributed by atoms with Gasteiger partial charge in [-0.25, -0.2) is 19.0 Å². The average molecular weight is 501 g/mol. The van der Waals surface area contributed by atoms with Crippen LogP contribution in [0.2, 0.25) is 0 Å². The van der Waals surface area contributed by atoms with Gasteiger partial charge >= 0.3 is 0 Å². The Balaban J connectivity index is 1.37. The number of carbonyl (C=O) groups is 1. The Bertz CT molecular complexity index is 1470. The van der Waals surface area contributed by atoms with E-state index in [4.69, 9.17) is 10.7 Å². The normalized spacial score (nSPS) is 18.3. The number of aromatic amines is 1. The van der Waals surface area contributed by atoms with Gasteiger partial charge in [-0.05, 0) is 73.9 Å². The third kappa shape index (κ3) is 4.87. The fraction of sp³-hybridized carbons (Fsp3) is 0.296. The van der Waals surface area contributed by atoms with E-state index in [1.807, 2.05) is 45.0 Å². The van der Waals surface area contributed by atoms with Gasteiger partial charge in [0.1, 0.15) is 5.82 Å². The molecule has 1 amide bonds. The molecule has 0 radical (unpaired) electrons. The summed E-state index contributed by atoms with van der Waals surface area (Å²) < 4.78 is 14.7. The monoisotopic (exact) mass is 500 g/mol. The molecule has 1 unspecified atom stereocenters. The summed E-state index contributed by atoms with van der Waals surface area (Å²) in [5.74, 6) is 0.993. The van der Waals surface area contributed by atoms with Crippen molar-refractivity contribution < 1.29 is 9.18 Å². The van der Waals surface area contributed by atoms with E-state index in [0.717, 1.165) is 34.3 Å². The van der Waals surface area contributed by atoms with Crippen LogP contribution in [-0.4, -0.2) is 35.9 Å². The lowest BCUT2D eigenvalue weighted by molar-refractivity contribution is -0.129. The van der Waals surface area contributed by atoms with Gasteiger partial charge in [0.2, 0.25) is 5.91 Å². The molecule has 2 atom stereocenters. The van der Waals surface area contributed by atoms with Gasteiger partial charge in [0.25, 0.3) is 0 Å². The maximum Gasteiger partial charge on any atom is 0.224 e. The van der Waals surface area contributed by atoms with Gasteiger partial charge in [0.15, 0.2) is 17.5 Å². The molecule has 1 aliphatic rings. The Kier molecular flexibility index (Phi) is 6.32. The molecule has 5 rings (SSSR count). The Hall–Kier alpha value is -4.34. The predicted octanol–water partition coefficient (Wildman–Crippen LogP) is 4.73. The molecule has 1 aliphatic carbocycles. The van der Waals surface area contributed by atoms with Crippen LogP contribution in [0.5, 0.6) is 0 Å². The summed E-state index contributed by atoms with van der Waals surface area (Å²) in [5, 5.41) is 14.3. The van der Waals surface area contributed by atoms with Crippen molar-refractivity contribution in [3.8, 4) is 5.82 Å². The molecule has 37 heavy (non-hydrogen) atoms. The van der Waals surface area contributed by atoms with Gasteiger partial charge < -0.3 is 11.1 Å². The number of pyridine rings is 2. The van der Waals surface area contributed by atoms with Crippen LogP contribution in [0.25, 0.3) is 11.4 Å². The Morgan fingerprint density at radius 2 is 2.05 bits per heavy atom. The minimum Gasteiger partial charge on any atom is -0.369 e. The van der Waals surface area contributed by atoms with E-state index in [9.17, 15) is 9.18 Å². The van der Waals surface area contributed by atoms with Crippen molar-refractivity contribution in [1.82, 2.24) is 29.9 Å². The highest BCUT2D eigenvalue weighted by Gasteiger charge is 2.43. The molecule has 4 N–H and O–H groups in total. The van der Waals surface area contributed by atoms with E-state index in [1.54, 1.807) is 12.3 Å². The number of aromatic nitrogens is 6. The first-order valence-corrected chi connectivity index (χ1v) is 12.2. The molecule has 0 spiro atoms. The maximum absolute atomic E-state index is 13.3. The number of nitrogens with two attached hydrogens (primary N) is 1. The van der Waals surface area contributed by atoms with Crippen molar-refractivity contribution in [3.05, 3.63) is 83.3 Å². The minimum atomic E-state index is -0.748.